The molecule has 0 bridgehead atoms. The van der Waals surface area contributed by atoms with Crippen LogP contribution in [0.1, 0.15) is 17.5 Å². The molecule has 0 fully saturated rings. The topological polar surface area (TPSA) is 209 Å². The molecule has 9 N–H and O–H groups in total. The molecule has 0 saturated heterocycles. The Morgan fingerprint density at radius 1 is 0.868 bits per heavy atom. The van der Waals surface area contributed by atoms with Crippen LogP contribution in [-0.4, -0.2) is 64.4 Å². The molecule has 12 heteroatoms. The van der Waals surface area contributed by atoms with Crippen molar-refractivity contribution in [2.75, 3.05) is 6.54 Å². The van der Waals surface area contributed by atoms with Crippen molar-refractivity contribution in [2.45, 2.75) is 37.4 Å². The van der Waals surface area contributed by atoms with Crippen molar-refractivity contribution in [1.82, 2.24) is 20.9 Å². The minimum absolute atomic E-state index is 0.0187. The molecule has 0 aliphatic carbocycles. The number of aliphatic carboxylic acids is 1. The van der Waals surface area contributed by atoms with Gasteiger partial charge in [-0.1, -0.05) is 48.5 Å². The molecular formula is C26H30N6O6. The van der Waals surface area contributed by atoms with Crippen molar-refractivity contribution in [3.05, 3.63) is 71.9 Å². The molecule has 0 aliphatic rings. The molecule has 200 valence electrons. The summed E-state index contributed by atoms with van der Waals surface area (Å²) in [6.45, 7) is -0.512. The number of aromatic amines is 1. The first-order valence-corrected chi connectivity index (χ1v) is 11.9. The zero-order valence-corrected chi connectivity index (χ0v) is 20.5. The zero-order chi connectivity index (χ0) is 27.7. The zero-order valence-electron chi connectivity index (χ0n) is 20.5. The lowest BCUT2D eigenvalue weighted by Gasteiger charge is -2.22. The molecular weight excluding hydrogens is 492 g/mol. The number of H-pyrrole nitrogens is 1. The molecule has 0 aliphatic heterocycles. The predicted octanol–water partition coefficient (Wildman–Crippen LogP) is -0.674. The number of benzene rings is 2. The maximum atomic E-state index is 13.2. The summed E-state index contributed by atoms with van der Waals surface area (Å²) < 4.78 is 0. The first kappa shape index (κ1) is 27.9. The van der Waals surface area contributed by atoms with Crippen molar-refractivity contribution in [2.24, 2.45) is 11.5 Å². The maximum absolute atomic E-state index is 13.2. The van der Waals surface area contributed by atoms with Gasteiger partial charge in [0, 0.05) is 29.9 Å². The van der Waals surface area contributed by atoms with Gasteiger partial charge in [0.2, 0.25) is 23.6 Å². The largest absolute Gasteiger partial charge is 0.480 e. The van der Waals surface area contributed by atoms with E-state index in [0.717, 1.165) is 16.5 Å². The van der Waals surface area contributed by atoms with E-state index in [9.17, 15) is 29.1 Å². The van der Waals surface area contributed by atoms with Crippen molar-refractivity contribution in [1.29, 1.82) is 0 Å². The lowest BCUT2D eigenvalue weighted by Crippen LogP contribution is -2.55. The number of carbonyl (C=O) groups excluding carboxylic acids is 4. The summed E-state index contributed by atoms with van der Waals surface area (Å²) in [7, 11) is 0. The van der Waals surface area contributed by atoms with Crippen LogP contribution in [0.2, 0.25) is 0 Å². The molecule has 4 amide bonds. The van der Waals surface area contributed by atoms with Crippen molar-refractivity contribution in [3.63, 3.8) is 0 Å². The molecule has 38 heavy (non-hydrogen) atoms. The van der Waals surface area contributed by atoms with E-state index in [4.69, 9.17) is 11.5 Å². The first-order valence-electron chi connectivity index (χ1n) is 11.9. The number of amides is 4. The highest BCUT2D eigenvalue weighted by atomic mass is 16.4. The summed E-state index contributed by atoms with van der Waals surface area (Å²) >= 11 is 0. The lowest BCUT2D eigenvalue weighted by atomic mass is 10.0. The summed E-state index contributed by atoms with van der Waals surface area (Å²) in [6.07, 6.45) is 1.40. The van der Waals surface area contributed by atoms with E-state index in [1.54, 1.807) is 36.5 Å². The van der Waals surface area contributed by atoms with Crippen LogP contribution >= 0.6 is 0 Å². The van der Waals surface area contributed by atoms with Crippen molar-refractivity contribution in [3.8, 4) is 0 Å². The second-order valence-electron chi connectivity index (χ2n) is 8.77. The van der Waals surface area contributed by atoms with Gasteiger partial charge in [-0.2, -0.15) is 0 Å². The normalized spacial score (nSPS) is 13.2. The Hall–Kier alpha value is -4.71. The molecule has 1 heterocycles. The number of carbonyl (C=O) groups is 5. The van der Waals surface area contributed by atoms with E-state index >= 15 is 0 Å². The molecule has 3 rings (SSSR count). The van der Waals surface area contributed by atoms with Crippen LogP contribution in [0.15, 0.2) is 60.8 Å². The molecule has 3 unspecified atom stereocenters. The SMILES string of the molecule is NC(=O)CC(N)C(=O)NCC(=O)NC(Cc1ccccc1)C(=O)NC(Cc1c[nH]c2ccccc12)C(=O)O. The number of carboxylic acid groups (broad SMARTS) is 1. The van der Waals surface area contributed by atoms with Gasteiger partial charge in [-0.15, -0.1) is 0 Å². The van der Waals surface area contributed by atoms with Gasteiger partial charge in [0.25, 0.3) is 0 Å². The van der Waals surface area contributed by atoms with Crippen molar-refractivity contribution >= 4 is 40.5 Å². The molecule has 2 aromatic carbocycles. The van der Waals surface area contributed by atoms with Gasteiger partial charge in [0.1, 0.15) is 12.1 Å². The molecule has 3 atom stereocenters. The highest BCUT2D eigenvalue weighted by molar-refractivity contribution is 5.94. The first-order chi connectivity index (χ1) is 18.1. The summed E-state index contributed by atoms with van der Waals surface area (Å²) in [6, 6.07) is 12.6. The van der Waals surface area contributed by atoms with E-state index in [1.165, 1.54) is 0 Å². The smallest absolute Gasteiger partial charge is 0.326 e. The fourth-order valence-corrected chi connectivity index (χ4v) is 3.91. The van der Waals surface area contributed by atoms with E-state index in [0.29, 0.717) is 5.56 Å². The van der Waals surface area contributed by atoms with Crippen LogP contribution in [0.3, 0.4) is 0 Å². The predicted molar refractivity (Wildman–Crippen MR) is 138 cm³/mol. The Morgan fingerprint density at radius 2 is 1.55 bits per heavy atom. The highest BCUT2D eigenvalue weighted by Gasteiger charge is 2.28. The maximum Gasteiger partial charge on any atom is 0.326 e. The monoisotopic (exact) mass is 522 g/mol. The van der Waals surface area contributed by atoms with E-state index in [1.807, 2.05) is 24.3 Å². The second-order valence-corrected chi connectivity index (χ2v) is 8.77. The summed E-state index contributed by atoms with van der Waals surface area (Å²) in [5, 5.41) is 18.0. The van der Waals surface area contributed by atoms with Gasteiger partial charge in [-0.05, 0) is 17.2 Å². The van der Waals surface area contributed by atoms with Gasteiger partial charge in [-0.3, -0.25) is 19.2 Å². The quantitative estimate of drug-likeness (QED) is 0.154. The Morgan fingerprint density at radius 3 is 2.24 bits per heavy atom. The molecule has 0 spiro atoms. The Labute approximate surface area is 218 Å². The fourth-order valence-electron chi connectivity index (χ4n) is 3.91. The summed E-state index contributed by atoms with van der Waals surface area (Å²) in [5.41, 5.74) is 12.9. The average molecular weight is 523 g/mol. The third-order valence-electron chi connectivity index (χ3n) is 5.83. The highest BCUT2D eigenvalue weighted by Crippen LogP contribution is 2.19. The van der Waals surface area contributed by atoms with Gasteiger partial charge in [0.05, 0.1) is 19.0 Å². The van der Waals surface area contributed by atoms with E-state index < -0.39 is 54.3 Å². The third kappa shape index (κ3) is 7.90. The average Bonchev–Trinajstić information content (AvgIpc) is 3.29. The molecule has 0 radical (unpaired) electrons. The van der Waals surface area contributed by atoms with Crippen LogP contribution in [0.4, 0.5) is 0 Å². The summed E-state index contributed by atoms with van der Waals surface area (Å²) in [5.74, 6) is -4.16. The standard InChI is InChI=1S/C26H30N6O6/c27-18(12-22(28)33)24(35)30-14-23(34)31-20(10-15-6-2-1-3-7-15)25(36)32-21(26(37)38)11-16-13-29-19-9-5-4-8-17(16)19/h1-9,13,18,20-21,29H,10-12,14,27H2,(H2,28,33)(H,30,35)(H,31,34)(H,32,36)(H,37,38). The number of carboxylic acids is 1. The fraction of sp³-hybridized carbons (Fsp3) is 0.269. The number of fused-ring (bicyclic) bond motifs is 1. The van der Waals surface area contributed by atoms with Crippen LogP contribution < -0.4 is 27.4 Å². The Balaban J connectivity index is 1.70. The number of rotatable bonds is 13. The van der Waals surface area contributed by atoms with Crippen LogP contribution in [0, 0.1) is 0 Å². The Bertz CT molecular complexity index is 1310. The third-order valence-corrected chi connectivity index (χ3v) is 5.83. The number of nitrogens with one attached hydrogen (secondary N) is 4. The second kappa shape index (κ2) is 13.0. The number of hydrogen-bond donors (Lipinski definition) is 7. The van der Waals surface area contributed by atoms with E-state index in [2.05, 4.69) is 20.9 Å². The van der Waals surface area contributed by atoms with Gasteiger partial charge >= 0.3 is 5.97 Å². The van der Waals surface area contributed by atoms with Crippen LogP contribution in [-0.2, 0) is 36.8 Å². The van der Waals surface area contributed by atoms with Gasteiger partial charge in [0.15, 0.2) is 0 Å². The minimum Gasteiger partial charge on any atom is -0.480 e. The lowest BCUT2D eigenvalue weighted by molar-refractivity contribution is -0.142. The van der Waals surface area contributed by atoms with Crippen LogP contribution in [0.5, 0.6) is 0 Å². The molecule has 1 aromatic heterocycles. The number of aromatic nitrogens is 1. The number of hydrogen-bond acceptors (Lipinski definition) is 6. The minimum atomic E-state index is -1.26. The molecule has 12 nitrogen and oxygen atoms in total. The number of nitrogens with two attached hydrogens (primary N) is 2. The van der Waals surface area contributed by atoms with E-state index in [-0.39, 0.29) is 19.3 Å². The van der Waals surface area contributed by atoms with Crippen LogP contribution in [0.25, 0.3) is 10.9 Å². The summed E-state index contributed by atoms with van der Waals surface area (Å²) in [4.78, 5) is 63.8. The Kier molecular flexibility index (Phi) is 9.54. The number of para-hydroxylation sites is 1. The van der Waals surface area contributed by atoms with Gasteiger partial charge < -0.3 is 37.5 Å². The number of primary amides is 1. The van der Waals surface area contributed by atoms with Crippen molar-refractivity contribution < 1.29 is 29.1 Å². The molecule has 3 aromatic rings. The molecule has 0 saturated carbocycles. The van der Waals surface area contributed by atoms with Gasteiger partial charge in [-0.25, -0.2) is 4.79 Å².